The molecule has 3 N–H and O–H groups in total. The van der Waals surface area contributed by atoms with Crippen LogP contribution in [-0.4, -0.2) is 18.5 Å². The van der Waals surface area contributed by atoms with Crippen LogP contribution in [-0.2, 0) is 24.2 Å². The zero-order valence-electron chi connectivity index (χ0n) is 16.1. The first-order valence-corrected chi connectivity index (χ1v) is 9.40. The number of hydrogen-bond acceptors (Lipinski definition) is 3. The van der Waals surface area contributed by atoms with Crippen LogP contribution in [0.3, 0.4) is 0 Å². The molecule has 144 valence electrons. The minimum atomic E-state index is -1.01. The Morgan fingerprint density at radius 2 is 1.32 bits per heavy atom. The molecular weight excluding hydrogens is 348 g/mol. The Labute approximate surface area is 166 Å². The molecule has 0 bridgehead atoms. The second-order valence-electron chi connectivity index (χ2n) is 6.99. The highest BCUT2D eigenvalue weighted by Crippen LogP contribution is 2.20. The van der Waals surface area contributed by atoms with Crippen LogP contribution < -0.4 is 15.8 Å². The molecule has 4 heteroatoms. The minimum Gasteiger partial charge on any atom is -0.489 e. The SMILES string of the molecule is CNC(=O)C(N)(Cc1ccccc1)Cc1ccc(OCc2ccccc2)cc1. The maximum atomic E-state index is 12.5. The Bertz CT molecular complexity index is 879. The molecule has 3 rings (SSSR count). The normalized spacial score (nSPS) is 12.8. The van der Waals surface area contributed by atoms with Gasteiger partial charge in [-0.15, -0.1) is 0 Å². The van der Waals surface area contributed by atoms with Crippen LogP contribution in [0.5, 0.6) is 5.75 Å². The number of carbonyl (C=O) groups is 1. The third-order valence-electron chi connectivity index (χ3n) is 4.73. The molecule has 0 saturated heterocycles. The molecule has 4 nitrogen and oxygen atoms in total. The molecule has 3 aromatic rings. The first-order valence-electron chi connectivity index (χ1n) is 9.40. The van der Waals surface area contributed by atoms with E-state index in [-0.39, 0.29) is 5.91 Å². The van der Waals surface area contributed by atoms with Gasteiger partial charge in [-0.2, -0.15) is 0 Å². The molecule has 0 radical (unpaired) electrons. The van der Waals surface area contributed by atoms with E-state index in [9.17, 15) is 4.79 Å². The average Bonchev–Trinajstić information content (AvgIpc) is 2.74. The molecule has 0 aliphatic rings. The van der Waals surface area contributed by atoms with Gasteiger partial charge in [-0.3, -0.25) is 4.79 Å². The van der Waals surface area contributed by atoms with Gasteiger partial charge in [0.2, 0.25) is 5.91 Å². The molecule has 0 fully saturated rings. The first kappa shape index (κ1) is 19.6. The van der Waals surface area contributed by atoms with E-state index in [1.54, 1.807) is 7.05 Å². The minimum absolute atomic E-state index is 0.166. The summed E-state index contributed by atoms with van der Waals surface area (Å²) in [4.78, 5) is 12.5. The molecule has 0 saturated carbocycles. The topological polar surface area (TPSA) is 64.4 Å². The first-order chi connectivity index (χ1) is 13.6. The molecule has 0 spiro atoms. The van der Waals surface area contributed by atoms with Gasteiger partial charge in [0.25, 0.3) is 0 Å². The molecule has 0 aliphatic carbocycles. The lowest BCUT2D eigenvalue weighted by Crippen LogP contribution is -2.56. The summed E-state index contributed by atoms with van der Waals surface area (Å²) in [7, 11) is 1.62. The van der Waals surface area contributed by atoms with Crippen LogP contribution in [0.25, 0.3) is 0 Å². The fraction of sp³-hybridized carbons (Fsp3) is 0.208. The highest BCUT2D eigenvalue weighted by atomic mass is 16.5. The lowest BCUT2D eigenvalue weighted by molar-refractivity contribution is -0.125. The van der Waals surface area contributed by atoms with Crippen molar-refractivity contribution in [3.8, 4) is 5.75 Å². The van der Waals surface area contributed by atoms with Gasteiger partial charge in [-0.25, -0.2) is 0 Å². The van der Waals surface area contributed by atoms with Crippen molar-refractivity contribution in [2.24, 2.45) is 5.73 Å². The number of nitrogens with one attached hydrogen (secondary N) is 1. The number of rotatable bonds is 8. The van der Waals surface area contributed by atoms with E-state index >= 15 is 0 Å². The second kappa shape index (κ2) is 9.20. The molecule has 0 aromatic heterocycles. The summed E-state index contributed by atoms with van der Waals surface area (Å²) in [6.07, 6.45) is 0.917. The molecule has 0 aliphatic heterocycles. The summed E-state index contributed by atoms with van der Waals surface area (Å²) in [5.74, 6) is 0.624. The quantitative estimate of drug-likeness (QED) is 0.634. The summed E-state index contributed by atoms with van der Waals surface area (Å²) in [5, 5.41) is 2.71. The Kier molecular flexibility index (Phi) is 6.45. The predicted octanol–water partition coefficient (Wildman–Crippen LogP) is 3.49. The Balaban J connectivity index is 1.68. The number of carbonyl (C=O) groups excluding carboxylic acids is 1. The molecule has 3 aromatic carbocycles. The molecular formula is C24H26N2O2. The van der Waals surface area contributed by atoms with Gasteiger partial charge in [0.15, 0.2) is 0 Å². The Morgan fingerprint density at radius 1 is 0.821 bits per heavy atom. The van der Waals surface area contributed by atoms with Gasteiger partial charge in [-0.1, -0.05) is 72.8 Å². The van der Waals surface area contributed by atoms with Crippen LogP contribution in [0.1, 0.15) is 16.7 Å². The van der Waals surface area contributed by atoms with Gasteiger partial charge < -0.3 is 15.8 Å². The van der Waals surface area contributed by atoms with Crippen LogP contribution >= 0.6 is 0 Å². The molecule has 1 unspecified atom stereocenters. The number of ether oxygens (including phenoxy) is 1. The van der Waals surface area contributed by atoms with Gasteiger partial charge in [0.1, 0.15) is 17.9 Å². The second-order valence-corrected chi connectivity index (χ2v) is 6.99. The predicted molar refractivity (Wildman–Crippen MR) is 112 cm³/mol. The summed E-state index contributed by atoms with van der Waals surface area (Å²) in [5.41, 5.74) is 8.69. The number of nitrogens with two attached hydrogens (primary N) is 1. The van der Waals surface area contributed by atoms with Crippen molar-refractivity contribution in [1.82, 2.24) is 5.32 Å². The van der Waals surface area contributed by atoms with Crippen molar-refractivity contribution in [3.05, 3.63) is 102 Å². The van der Waals surface area contributed by atoms with E-state index in [1.165, 1.54) is 0 Å². The molecule has 28 heavy (non-hydrogen) atoms. The molecule has 1 atom stereocenters. The van der Waals surface area contributed by atoms with Crippen LogP contribution in [0.15, 0.2) is 84.9 Å². The maximum Gasteiger partial charge on any atom is 0.240 e. The van der Waals surface area contributed by atoms with Crippen LogP contribution in [0, 0.1) is 0 Å². The monoisotopic (exact) mass is 374 g/mol. The summed E-state index contributed by atoms with van der Waals surface area (Å²) in [6.45, 7) is 0.521. The van der Waals surface area contributed by atoms with Crippen molar-refractivity contribution in [1.29, 1.82) is 0 Å². The van der Waals surface area contributed by atoms with Gasteiger partial charge >= 0.3 is 0 Å². The average molecular weight is 374 g/mol. The fourth-order valence-corrected chi connectivity index (χ4v) is 3.24. The van der Waals surface area contributed by atoms with E-state index < -0.39 is 5.54 Å². The van der Waals surface area contributed by atoms with E-state index in [2.05, 4.69) is 5.32 Å². The fourth-order valence-electron chi connectivity index (χ4n) is 3.24. The van der Waals surface area contributed by atoms with Crippen molar-refractivity contribution >= 4 is 5.91 Å². The van der Waals surface area contributed by atoms with Crippen LogP contribution in [0.4, 0.5) is 0 Å². The van der Waals surface area contributed by atoms with Crippen molar-refractivity contribution in [2.45, 2.75) is 25.0 Å². The zero-order valence-corrected chi connectivity index (χ0v) is 16.1. The van der Waals surface area contributed by atoms with Crippen LogP contribution in [0.2, 0.25) is 0 Å². The van der Waals surface area contributed by atoms with Crippen molar-refractivity contribution in [3.63, 3.8) is 0 Å². The standard InChI is InChI=1S/C24H26N2O2/c1-26-23(27)24(25,16-19-8-4-2-5-9-19)17-20-12-14-22(15-13-20)28-18-21-10-6-3-7-11-21/h2-15H,16-18,25H2,1H3,(H,26,27). The summed E-state index contributed by atoms with van der Waals surface area (Å²) in [6, 6.07) is 27.7. The zero-order chi connectivity index (χ0) is 19.8. The number of benzene rings is 3. The Morgan fingerprint density at radius 3 is 1.86 bits per heavy atom. The summed E-state index contributed by atoms with van der Waals surface area (Å²) >= 11 is 0. The van der Waals surface area contributed by atoms with Gasteiger partial charge in [0, 0.05) is 7.05 Å². The number of amides is 1. The van der Waals surface area contributed by atoms with Gasteiger partial charge in [0.05, 0.1) is 0 Å². The lowest BCUT2D eigenvalue weighted by atomic mass is 9.84. The maximum absolute atomic E-state index is 12.5. The van der Waals surface area contributed by atoms with Crippen molar-refractivity contribution in [2.75, 3.05) is 7.05 Å². The molecule has 1 amide bonds. The highest BCUT2D eigenvalue weighted by Gasteiger charge is 2.33. The third-order valence-corrected chi connectivity index (χ3v) is 4.73. The smallest absolute Gasteiger partial charge is 0.240 e. The number of hydrogen-bond donors (Lipinski definition) is 2. The van der Waals surface area contributed by atoms with E-state index in [4.69, 9.17) is 10.5 Å². The Hall–Kier alpha value is -3.11. The van der Waals surface area contributed by atoms with Crippen molar-refractivity contribution < 1.29 is 9.53 Å². The largest absolute Gasteiger partial charge is 0.489 e. The van der Waals surface area contributed by atoms with E-state index in [0.29, 0.717) is 19.4 Å². The third kappa shape index (κ3) is 5.21. The summed E-state index contributed by atoms with van der Waals surface area (Å²) < 4.78 is 5.83. The molecule has 0 heterocycles. The lowest BCUT2D eigenvalue weighted by Gasteiger charge is -2.28. The van der Waals surface area contributed by atoms with E-state index in [0.717, 1.165) is 22.4 Å². The number of likely N-dealkylation sites (N-methyl/N-ethyl adjacent to an activating group) is 1. The van der Waals surface area contributed by atoms with E-state index in [1.807, 2.05) is 84.9 Å². The highest BCUT2D eigenvalue weighted by molar-refractivity contribution is 5.86. The van der Waals surface area contributed by atoms with Gasteiger partial charge in [-0.05, 0) is 41.7 Å².